The van der Waals surface area contributed by atoms with Crippen molar-refractivity contribution in [3.05, 3.63) is 93.2 Å². The maximum atomic E-state index is 13.1. The van der Waals surface area contributed by atoms with Crippen LogP contribution in [0.5, 0.6) is 0 Å². The smallest absolute Gasteiger partial charge is 0.266 e. The van der Waals surface area contributed by atoms with E-state index in [1.807, 2.05) is 0 Å². The van der Waals surface area contributed by atoms with Crippen molar-refractivity contribution in [3.63, 3.8) is 0 Å². The lowest BCUT2D eigenvalue weighted by Gasteiger charge is -2.23. The molecule has 3 aromatic carbocycles. The van der Waals surface area contributed by atoms with Gasteiger partial charge in [0.2, 0.25) is 0 Å². The number of nitrogens with zero attached hydrogens (tertiary/aromatic N) is 3. The Morgan fingerprint density at radius 3 is 2.45 bits per heavy atom. The molecule has 4 rings (SSSR count). The monoisotopic (exact) mass is 520 g/mol. The van der Waals surface area contributed by atoms with E-state index in [9.17, 15) is 13.6 Å². The molecular formula is C22H15Cl3N4O3S. The molecule has 0 fully saturated rings. The van der Waals surface area contributed by atoms with Crippen molar-refractivity contribution in [2.75, 3.05) is 4.31 Å². The van der Waals surface area contributed by atoms with Crippen LogP contribution in [0.2, 0.25) is 15.1 Å². The maximum absolute atomic E-state index is 13.1. The minimum Gasteiger partial charge on any atom is -0.348 e. The van der Waals surface area contributed by atoms with E-state index in [0.717, 1.165) is 4.31 Å². The molecular weight excluding hydrogens is 507 g/mol. The molecule has 33 heavy (non-hydrogen) atoms. The summed E-state index contributed by atoms with van der Waals surface area (Å²) in [5.74, 6) is -0.491. The molecule has 0 aliphatic rings. The summed E-state index contributed by atoms with van der Waals surface area (Å²) < 4.78 is 23.7. The van der Waals surface area contributed by atoms with Crippen LogP contribution in [0.15, 0.2) is 67.0 Å². The summed E-state index contributed by atoms with van der Waals surface area (Å²) in [4.78, 5) is 21.6. The van der Waals surface area contributed by atoms with Crippen LogP contribution in [0.3, 0.4) is 0 Å². The molecule has 0 aliphatic carbocycles. The van der Waals surface area contributed by atoms with Gasteiger partial charge in [-0.25, -0.2) is 8.51 Å². The highest BCUT2D eigenvalue weighted by Crippen LogP contribution is 2.35. The van der Waals surface area contributed by atoms with Crippen molar-refractivity contribution in [1.82, 2.24) is 15.3 Å². The number of rotatable bonds is 6. The number of carbonyl (C=O) groups is 1. The molecule has 2 N–H and O–H groups in total. The lowest BCUT2D eigenvalue weighted by Crippen LogP contribution is -2.27. The fourth-order valence-electron chi connectivity index (χ4n) is 3.24. The second-order valence-electron chi connectivity index (χ2n) is 6.81. The van der Waals surface area contributed by atoms with Crippen molar-refractivity contribution < 1.29 is 13.6 Å². The van der Waals surface area contributed by atoms with Crippen molar-refractivity contribution in [1.29, 1.82) is 0 Å². The predicted molar refractivity (Wildman–Crippen MR) is 132 cm³/mol. The average Bonchev–Trinajstić information content (AvgIpc) is 2.78. The van der Waals surface area contributed by atoms with Crippen LogP contribution in [0.4, 0.5) is 11.4 Å². The first-order chi connectivity index (χ1) is 15.8. The highest BCUT2D eigenvalue weighted by atomic mass is 35.5. The third kappa shape index (κ3) is 5.10. The number of fused-ring (bicyclic) bond motifs is 1. The third-order valence-electron chi connectivity index (χ3n) is 4.73. The molecule has 1 amide bonds. The Balaban J connectivity index is 1.74. The summed E-state index contributed by atoms with van der Waals surface area (Å²) in [5.41, 5.74) is 2.13. The highest BCUT2D eigenvalue weighted by Gasteiger charge is 2.25. The zero-order valence-electron chi connectivity index (χ0n) is 16.7. The molecule has 1 atom stereocenters. The van der Waals surface area contributed by atoms with Gasteiger partial charge in [0.15, 0.2) is 0 Å². The third-order valence-corrected chi connectivity index (χ3v) is 6.26. The summed E-state index contributed by atoms with van der Waals surface area (Å²) in [6.07, 6.45) is 3.00. The number of halogens is 3. The minimum absolute atomic E-state index is 0.124. The highest BCUT2D eigenvalue weighted by molar-refractivity contribution is 7.81. The molecule has 1 heterocycles. The van der Waals surface area contributed by atoms with Crippen molar-refractivity contribution in [2.45, 2.75) is 6.54 Å². The van der Waals surface area contributed by atoms with Gasteiger partial charge < -0.3 is 5.32 Å². The van der Waals surface area contributed by atoms with Crippen LogP contribution in [0, 0.1) is 0 Å². The number of anilines is 2. The minimum atomic E-state index is -2.55. The zero-order chi connectivity index (χ0) is 23.5. The van der Waals surface area contributed by atoms with E-state index in [2.05, 4.69) is 15.3 Å². The number of amides is 1. The Bertz CT molecular complexity index is 1380. The molecule has 0 radical (unpaired) electrons. The second kappa shape index (κ2) is 10.0. The van der Waals surface area contributed by atoms with Crippen molar-refractivity contribution >= 4 is 74.4 Å². The molecule has 0 spiro atoms. The molecule has 168 valence electrons. The number of carbonyl (C=O) groups excluding carboxylic acids is 1. The van der Waals surface area contributed by atoms with Crippen LogP contribution in [-0.2, 0) is 17.8 Å². The van der Waals surface area contributed by atoms with Gasteiger partial charge in [-0.2, -0.15) is 0 Å². The van der Waals surface area contributed by atoms with E-state index >= 15 is 0 Å². The number of hydrogen-bond donors (Lipinski definition) is 2. The average molecular weight is 522 g/mol. The summed E-state index contributed by atoms with van der Waals surface area (Å²) >= 11 is 15.8. The van der Waals surface area contributed by atoms with Crippen molar-refractivity contribution in [3.8, 4) is 0 Å². The first-order valence-electron chi connectivity index (χ1n) is 9.47. The maximum Gasteiger partial charge on any atom is 0.266 e. The van der Waals surface area contributed by atoms with Gasteiger partial charge in [-0.1, -0.05) is 46.9 Å². The fourth-order valence-corrected chi connectivity index (χ4v) is 4.52. The van der Waals surface area contributed by atoms with Crippen LogP contribution in [0.1, 0.15) is 15.9 Å². The Kier molecular flexibility index (Phi) is 7.11. The van der Waals surface area contributed by atoms with E-state index < -0.39 is 17.2 Å². The molecule has 7 nitrogen and oxygen atoms in total. The van der Waals surface area contributed by atoms with Gasteiger partial charge in [0.1, 0.15) is 5.52 Å². The number of benzene rings is 3. The van der Waals surface area contributed by atoms with Gasteiger partial charge in [0.25, 0.3) is 17.2 Å². The summed E-state index contributed by atoms with van der Waals surface area (Å²) in [6.45, 7) is 0.124. The quantitative estimate of drug-likeness (QED) is 0.313. The second-order valence-corrected chi connectivity index (χ2v) is 8.91. The summed E-state index contributed by atoms with van der Waals surface area (Å²) in [7, 11) is 0. The van der Waals surface area contributed by atoms with Gasteiger partial charge in [-0.15, -0.1) is 0 Å². The molecule has 1 unspecified atom stereocenters. The first-order valence-corrected chi connectivity index (χ1v) is 11.7. The molecule has 4 aromatic rings. The molecule has 0 aliphatic heterocycles. The number of hydrogen-bond acceptors (Lipinski definition) is 4. The fraction of sp³-hybridized carbons (Fsp3) is 0.0455. The molecule has 0 saturated carbocycles. The van der Waals surface area contributed by atoms with E-state index in [1.165, 1.54) is 30.6 Å². The molecule has 11 heteroatoms. The lowest BCUT2D eigenvalue weighted by molar-refractivity contribution is 0.0951. The van der Waals surface area contributed by atoms with Gasteiger partial charge in [0, 0.05) is 34.0 Å². The number of nitrogens with one attached hydrogen (secondary N) is 1. The molecule has 1 aromatic heterocycles. The predicted octanol–water partition coefficient (Wildman–Crippen LogP) is 5.79. The van der Waals surface area contributed by atoms with Gasteiger partial charge in [0.05, 0.1) is 22.5 Å². The standard InChI is InChI=1S/C22H15Cl3N4O3S/c23-14-5-4-13(17(25)10-14)12-28-22(30)16-7-6-15(24)11-20(16)29(33(31)32)19-3-1-2-18-21(19)27-9-8-26-18/h1-11H,12H2,(H,28,30)(H,31,32). The SMILES string of the molecule is O=C(NCc1ccc(Cl)cc1Cl)c1ccc(Cl)cc1N(c1cccc2nccnc12)S(=O)O. The van der Waals surface area contributed by atoms with Crippen LogP contribution in [-0.4, -0.2) is 24.6 Å². The van der Waals surface area contributed by atoms with Gasteiger partial charge in [-0.05, 0) is 48.0 Å². The zero-order valence-corrected chi connectivity index (χ0v) is 19.8. The van der Waals surface area contributed by atoms with E-state index in [4.69, 9.17) is 34.8 Å². The van der Waals surface area contributed by atoms with E-state index in [1.54, 1.807) is 36.4 Å². The summed E-state index contributed by atoms with van der Waals surface area (Å²) in [5, 5.41) is 3.94. The van der Waals surface area contributed by atoms with Crippen LogP contribution >= 0.6 is 34.8 Å². The number of para-hydroxylation sites is 1. The van der Waals surface area contributed by atoms with Gasteiger partial charge >= 0.3 is 0 Å². The normalized spacial score (nSPS) is 11.9. The molecule has 0 saturated heterocycles. The Labute approximate surface area is 206 Å². The lowest BCUT2D eigenvalue weighted by atomic mass is 10.1. The largest absolute Gasteiger partial charge is 0.348 e. The van der Waals surface area contributed by atoms with Crippen molar-refractivity contribution in [2.24, 2.45) is 0 Å². The van der Waals surface area contributed by atoms with Crippen LogP contribution < -0.4 is 9.62 Å². The van der Waals surface area contributed by atoms with E-state index in [0.29, 0.717) is 32.3 Å². The number of aromatic nitrogens is 2. The van der Waals surface area contributed by atoms with E-state index in [-0.39, 0.29) is 22.8 Å². The van der Waals surface area contributed by atoms with Crippen LogP contribution in [0.25, 0.3) is 11.0 Å². The Morgan fingerprint density at radius 2 is 1.70 bits per heavy atom. The molecule has 0 bridgehead atoms. The Morgan fingerprint density at radius 1 is 0.970 bits per heavy atom. The first kappa shape index (κ1) is 23.4. The summed E-state index contributed by atoms with van der Waals surface area (Å²) in [6, 6.07) is 14.4. The topological polar surface area (TPSA) is 95.4 Å². The Hall–Kier alpha value is -2.75. The van der Waals surface area contributed by atoms with Gasteiger partial charge in [-0.3, -0.25) is 19.3 Å².